The molecule has 19 heavy (non-hydrogen) atoms. The van der Waals surface area contributed by atoms with Gasteiger partial charge in [0.15, 0.2) is 0 Å². The number of benzene rings is 1. The number of likely N-dealkylation sites (tertiary alicyclic amines) is 1. The van der Waals surface area contributed by atoms with Crippen LogP contribution in [-0.2, 0) is 0 Å². The van der Waals surface area contributed by atoms with Crippen LogP contribution >= 0.6 is 15.9 Å². The van der Waals surface area contributed by atoms with Crippen molar-refractivity contribution < 1.29 is 4.74 Å². The minimum Gasteiger partial charge on any atom is -0.493 e. The number of nitrogens with two attached hydrogens (primary N) is 1. The molecule has 0 saturated carbocycles. The van der Waals surface area contributed by atoms with Crippen LogP contribution < -0.4 is 10.5 Å². The molecule has 2 rings (SSSR count). The average Bonchev–Trinajstić information content (AvgIpc) is 2.93. The monoisotopic (exact) mass is 326 g/mol. The quantitative estimate of drug-likeness (QED) is 0.871. The van der Waals surface area contributed by atoms with Crippen LogP contribution in [0.25, 0.3) is 0 Å². The minimum absolute atomic E-state index is 0.270. The molecule has 1 saturated heterocycles. The molecule has 3 nitrogen and oxygen atoms in total. The van der Waals surface area contributed by atoms with Crippen LogP contribution in [-0.4, -0.2) is 31.1 Å². The third kappa shape index (κ3) is 3.71. The van der Waals surface area contributed by atoms with Gasteiger partial charge >= 0.3 is 0 Å². The third-order valence-corrected chi connectivity index (χ3v) is 4.09. The maximum absolute atomic E-state index is 6.02. The van der Waals surface area contributed by atoms with E-state index in [2.05, 4.69) is 33.8 Å². The van der Waals surface area contributed by atoms with Crippen molar-refractivity contribution in [3.63, 3.8) is 0 Å². The number of rotatable bonds is 6. The van der Waals surface area contributed by atoms with E-state index >= 15 is 0 Å². The number of ether oxygens (including phenoxy) is 1. The van der Waals surface area contributed by atoms with E-state index in [1.54, 1.807) is 0 Å². The molecule has 1 heterocycles. The van der Waals surface area contributed by atoms with Crippen molar-refractivity contribution in [2.24, 2.45) is 5.73 Å². The normalized spacial score (nSPS) is 17.6. The SMILES string of the molecule is CCCOc1ccc(Br)cc1C(CN)N1CCCC1. The molecular weight excluding hydrogens is 304 g/mol. The molecule has 4 heteroatoms. The van der Waals surface area contributed by atoms with Gasteiger partial charge in [-0.05, 0) is 50.6 Å². The highest BCUT2D eigenvalue weighted by atomic mass is 79.9. The molecule has 1 unspecified atom stereocenters. The van der Waals surface area contributed by atoms with Crippen molar-refractivity contribution in [2.45, 2.75) is 32.2 Å². The molecule has 2 N–H and O–H groups in total. The summed E-state index contributed by atoms with van der Waals surface area (Å²) in [6.07, 6.45) is 3.57. The Morgan fingerprint density at radius 3 is 2.74 bits per heavy atom. The molecule has 1 fully saturated rings. The van der Waals surface area contributed by atoms with E-state index in [9.17, 15) is 0 Å². The number of hydrogen-bond donors (Lipinski definition) is 1. The highest BCUT2D eigenvalue weighted by Gasteiger charge is 2.25. The Balaban J connectivity index is 2.25. The third-order valence-electron chi connectivity index (χ3n) is 3.60. The lowest BCUT2D eigenvalue weighted by molar-refractivity contribution is 0.239. The fraction of sp³-hybridized carbons (Fsp3) is 0.600. The zero-order chi connectivity index (χ0) is 13.7. The topological polar surface area (TPSA) is 38.5 Å². The summed E-state index contributed by atoms with van der Waals surface area (Å²) < 4.78 is 6.97. The fourth-order valence-corrected chi connectivity index (χ4v) is 3.03. The second kappa shape index (κ2) is 7.27. The molecule has 1 atom stereocenters. The molecule has 0 radical (unpaired) electrons. The summed E-state index contributed by atoms with van der Waals surface area (Å²) in [4.78, 5) is 2.47. The highest BCUT2D eigenvalue weighted by Crippen LogP contribution is 2.33. The van der Waals surface area contributed by atoms with Crippen molar-refractivity contribution in [1.82, 2.24) is 4.90 Å². The lowest BCUT2D eigenvalue weighted by atomic mass is 10.0. The van der Waals surface area contributed by atoms with Gasteiger partial charge in [0.05, 0.1) is 12.6 Å². The zero-order valence-electron chi connectivity index (χ0n) is 11.6. The van der Waals surface area contributed by atoms with Crippen molar-refractivity contribution in [2.75, 3.05) is 26.2 Å². The van der Waals surface area contributed by atoms with Crippen molar-refractivity contribution in [3.05, 3.63) is 28.2 Å². The number of halogens is 1. The molecule has 0 spiro atoms. The molecule has 0 aliphatic carbocycles. The van der Waals surface area contributed by atoms with Gasteiger partial charge in [-0.25, -0.2) is 0 Å². The van der Waals surface area contributed by atoms with E-state index < -0.39 is 0 Å². The van der Waals surface area contributed by atoms with Crippen molar-refractivity contribution in [3.8, 4) is 5.75 Å². The van der Waals surface area contributed by atoms with E-state index in [0.29, 0.717) is 6.54 Å². The number of hydrogen-bond acceptors (Lipinski definition) is 3. The van der Waals surface area contributed by atoms with Crippen LogP contribution in [0.15, 0.2) is 22.7 Å². The molecule has 0 bridgehead atoms. The first kappa shape index (κ1) is 14.8. The summed E-state index contributed by atoms with van der Waals surface area (Å²) in [7, 11) is 0. The summed E-state index contributed by atoms with van der Waals surface area (Å²) in [6.45, 7) is 5.80. The van der Waals surface area contributed by atoms with Crippen molar-refractivity contribution in [1.29, 1.82) is 0 Å². The number of nitrogens with zero attached hydrogens (tertiary/aromatic N) is 1. The van der Waals surface area contributed by atoms with Crippen LogP contribution in [0.2, 0.25) is 0 Å². The Bertz CT molecular complexity index is 405. The first-order chi connectivity index (χ1) is 9.26. The molecule has 1 aromatic carbocycles. The average molecular weight is 327 g/mol. The zero-order valence-corrected chi connectivity index (χ0v) is 13.2. The molecule has 1 aromatic rings. The van der Waals surface area contributed by atoms with Gasteiger partial charge in [0, 0.05) is 16.6 Å². The maximum atomic E-state index is 6.02. The van der Waals surface area contributed by atoms with E-state index in [0.717, 1.165) is 36.3 Å². The smallest absolute Gasteiger partial charge is 0.124 e. The van der Waals surface area contributed by atoms with Gasteiger partial charge in [-0.2, -0.15) is 0 Å². The summed E-state index contributed by atoms with van der Waals surface area (Å²) in [5.41, 5.74) is 7.23. The second-order valence-corrected chi connectivity index (χ2v) is 5.94. The first-order valence-corrected chi connectivity index (χ1v) is 7.92. The predicted octanol–water partition coefficient (Wildman–Crippen LogP) is 3.33. The highest BCUT2D eigenvalue weighted by molar-refractivity contribution is 9.10. The molecule has 1 aliphatic rings. The van der Waals surface area contributed by atoms with E-state index in [1.165, 1.54) is 18.4 Å². The lowest BCUT2D eigenvalue weighted by Crippen LogP contribution is -2.31. The Labute approximate surface area is 124 Å². The lowest BCUT2D eigenvalue weighted by Gasteiger charge is -2.28. The molecular formula is C15H23BrN2O. The minimum atomic E-state index is 0.270. The van der Waals surface area contributed by atoms with E-state index in [-0.39, 0.29) is 6.04 Å². The van der Waals surface area contributed by atoms with Crippen LogP contribution in [0.1, 0.15) is 37.8 Å². The summed E-state index contributed by atoms with van der Waals surface area (Å²) in [5.74, 6) is 0.979. The Hall–Kier alpha value is -0.580. The maximum Gasteiger partial charge on any atom is 0.124 e. The van der Waals surface area contributed by atoms with Gasteiger partial charge in [-0.15, -0.1) is 0 Å². The molecule has 1 aliphatic heterocycles. The van der Waals surface area contributed by atoms with Crippen LogP contribution in [0.4, 0.5) is 0 Å². The van der Waals surface area contributed by atoms with Gasteiger partial charge in [0.1, 0.15) is 5.75 Å². The van der Waals surface area contributed by atoms with Crippen LogP contribution in [0, 0.1) is 0 Å². The van der Waals surface area contributed by atoms with Crippen LogP contribution in [0.3, 0.4) is 0 Å². The summed E-state index contributed by atoms with van der Waals surface area (Å²) in [5, 5.41) is 0. The molecule has 106 valence electrons. The standard InChI is InChI=1S/C15H23BrN2O/c1-2-9-19-15-6-5-12(16)10-13(15)14(11-17)18-7-3-4-8-18/h5-6,10,14H,2-4,7-9,11,17H2,1H3. The van der Waals surface area contributed by atoms with Gasteiger partial charge in [-0.3, -0.25) is 4.90 Å². The Morgan fingerprint density at radius 1 is 1.37 bits per heavy atom. The molecule has 0 aromatic heterocycles. The van der Waals surface area contributed by atoms with Crippen LogP contribution in [0.5, 0.6) is 5.75 Å². The van der Waals surface area contributed by atoms with Gasteiger partial charge in [-0.1, -0.05) is 22.9 Å². The predicted molar refractivity (Wildman–Crippen MR) is 82.5 cm³/mol. The second-order valence-electron chi connectivity index (χ2n) is 5.03. The van der Waals surface area contributed by atoms with Gasteiger partial charge in [0.2, 0.25) is 0 Å². The van der Waals surface area contributed by atoms with E-state index in [1.807, 2.05) is 12.1 Å². The van der Waals surface area contributed by atoms with Gasteiger partial charge < -0.3 is 10.5 Å². The molecule has 0 amide bonds. The summed E-state index contributed by atoms with van der Waals surface area (Å²) in [6, 6.07) is 6.51. The van der Waals surface area contributed by atoms with Gasteiger partial charge in [0.25, 0.3) is 0 Å². The van der Waals surface area contributed by atoms with Crippen molar-refractivity contribution >= 4 is 15.9 Å². The Kier molecular flexibility index (Phi) is 5.67. The largest absolute Gasteiger partial charge is 0.493 e. The Morgan fingerprint density at radius 2 is 2.11 bits per heavy atom. The first-order valence-electron chi connectivity index (χ1n) is 7.12. The van der Waals surface area contributed by atoms with E-state index in [4.69, 9.17) is 10.5 Å². The summed E-state index contributed by atoms with van der Waals surface area (Å²) >= 11 is 3.56. The fourth-order valence-electron chi connectivity index (χ4n) is 2.65.